The lowest BCUT2D eigenvalue weighted by Gasteiger charge is -2.16. The number of hydrogen-bond donors (Lipinski definition) is 7. The van der Waals surface area contributed by atoms with Crippen LogP contribution in [0.2, 0.25) is 10.0 Å². The molecule has 25 heteroatoms. The van der Waals surface area contributed by atoms with Gasteiger partial charge in [0, 0.05) is 84.3 Å². The predicted octanol–water partition coefficient (Wildman–Crippen LogP) is 10.8. The molecule has 89 heavy (non-hydrogen) atoms. The summed E-state index contributed by atoms with van der Waals surface area (Å²) in [7, 11) is 7.68. The summed E-state index contributed by atoms with van der Waals surface area (Å²) in [4.78, 5) is 65.9. The van der Waals surface area contributed by atoms with E-state index in [1.807, 2.05) is 88.2 Å². The number of aliphatic carboxylic acids is 2. The van der Waals surface area contributed by atoms with Gasteiger partial charge in [0.2, 0.25) is 11.8 Å². The summed E-state index contributed by atoms with van der Waals surface area (Å²) in [6, 6.07) is 33.1. The van der Waals surface area contributed by atoms with Gasteiger partial charge in [0.25, 0.3) is 0 Å². The molecule has 0 fully saturated rings. The Balaban J connectivity index is 0.000000249. The summed E-state index contributed by atoms with van der Waals surface area (Å²) in [6.45, 7) is 6.34. The molecule has 2 amide bonds. The van der Waals surface area contributed by atoms with Crippen LogP contribution >= 0.6 is 23.2 Å². The van der Waals surface area contributed by atoms with Crippen molar-refractivity contribution in [2.75, 3.05) is 75.8 Å². The lowest BCUT2D eigenvalue weighted by atomic mass is 10.1. The molecular formula is C64H64Cl2N12O11. The van der Waals surface area contributed by atoms with Crippen LogP contribution in [0.1, 0.15) is 42.8 Å². The fourth-order valence-corrected chi connectivity index (χ4v) is 8.39. The third kappa shape index (κ3) is 20.9. The van der Waals surface area contributed by atoms with Crippen molar-refractivity contribution in [3.63, 3.8) is 0 Å². The Labute approximate surface area is 523 Å². The molecule has 0 unspecified atom stereocenters. The Morgan fingerprint density at radius 3 is 1.35 bits per heavy atom. The first-order chi connectivity index (χ1) is 42.8. The highest BCUT2D eigenvalue weighted by molar-refractivity contribution is 6.32. The molecule has 0 spiro atoms. The number of carbonyl (C=O) groups is 4. The summed E-state index contributed by atoms with van der Waals surface area (Å²) in [5.74, 6) is -1.47. The van der Waals surface area contributed by atoms with E-state index >= 15 is 0 Å². The molecule has 4 aromatic heterocycles. The van der Waals surface area contributed by atoms with Crippen LogP contribution in [0.15, 0.2) is 146 Å². The molecule has 8 aromatic rings. The zero-order chi connectivity index (χ0) is 64.4. The van der Waals surface area contributed by atoms with Crippen LogP contribution in [0.25, 0.3) is 21.8 Å². The van der Waals surface area contributed by atoms with Crippen molar-refractivity contribution in [2.24, 2.45) is 0 Å². The van der Waals surface area contributed by atoms with E-state index in [1.165, 1.54) is 24.5 Å². The van der Waals surface area contributed by atoms with E-state index in [4.69, 9.17) is 57.5 Å². The van der Waals surface area contributed by atoms with Crippen LogP contribution < -0.4 is 40.2 Å². The number of rotatable bonds is 25. The van der Waals surface area contributed by atoms with Crippen molar-refractivity contribution >= 4 is 103 Å². The number of aromatic nitrogens is 4. The molecule has 23 nitrogen and oxygen atoms in total. The number of fused-ring (bicyclic) bond motifs is 2. The van der Waals surface area contributed by atoms with Gasteiger partial charge in [-0.25, -0.2) is 4.79 Å². The average Bonchev–Trinajstić information content (AvgIpc) is 2.66. The zero-order valence-electron chi connectivity index (χ0n) is 49.3. The van der Waals surface area contributed by atoms with E-state index in [1.54, 1.807) is 85.2 Å². The molecule has 0 aliphatic carbocycles. The maximum atomic E-state index is 12.6. The monoisotopic (exact) mass is 1250 g/mol. The van der Waals surface area contributed by atoms with Gasteiger partial charge in [-0.15, -0.1) is 0 Å². The number of pyridine rings is 4. The second-order valence-corrected chi connectivity index (χ2v) is 20.2. The molecule has 0 saturated heterocycles. The number of carboxylic acid groups (broad SMARTS) is 2. The van der Waals surface area contributed by atoms with Gasteiger partial charge < -0.3 is 65.3 Å². The molecule has 0 aliphatic rings. The number of amides is 2. The number of carbonyl (C=O) groups excluding carboxylic acids is 2. The topological polar surface area (TPSA) is 320 Å². The first-order valence-electron chi connectivity index (χ1n) is 27.3. The van der Waals surface area contributed by atoms with Gasteiger partial charge in [0.05, 0.1) is 86.0 Å². The average molecular weight is 1250 g/mol. The lowest BCUT2D eigenvalue weighted by molar-refractivity contribution is -0.152. The van der Waals surface area contributed by atoms with Crippen molar-refractivity contribution < 1.29 is 53.4 Å². The molecule has 8 rings (SSSR count). The summed E-state index contributed by atoms with van der Waals surface area (Å²) < 4.78 is 23.2. The summed E-state index contributed by atoms with van der Waals surface area (Å²) >= 11 is 13.0. The van der Waals surface area contributed by atoms with Gasteiger partial charge in [-0.2, -0.15) is 10.5 Å². The van der Waals surface area contributed by atoms with Crippen molar-refractivity contribution in [1.29, 1.82) is 10.5 Å². The van der Waals surface area contributed by atoms with Crippen LogP contribution in [-0.4, -0.2) is 129 Å². The predicted molar refractivity (Wildman–Crippen MR) is 340 cm³/mol. The van der Waals surface area contributed by atoms with E-state index in [-0.39, 0.29) is 25.0 Å². The number of benzene rings is 4. The summed E-state index contributed by atoms with van der Waals surface area (Å²) in [5.41, 5.74) is 6.65. The highest BCUT2D eigenvalue weighted by Crippen LogP contribution is 2.40. The molecule has 460 valence electrons. The fourth-order valence-electron chi connectivity index (χ4n) is 7.92. The minimum Gasteiger partial charge on any atom is -0.492 e. The van der Waals surface area contributed by atoms with Gasteiger partial charge in [-0.05, 0) is 115 Å². The van der Waals surface area contributed by atoms with Gasteiger partial charge in [0.15, 0.2) is 6.10 Å². The molecule has 0 aliphatic heterocycles. The van der Waals surface area contributed by atoms with Crippen LogP contribution in [0.5, 0.6) is 23.0 Å². The largest absolute Gasteiger partial charge is 0.492 e. The van der Waals surface area contributed by atoms with Gasteiger partial charge in [-0.3, -0.25) is 34.3 Å². The highest BCUT2D eigenvalue weighted by atomic mass is 35.5. The minimum absolute atomic E-state index is 0.280. The number of aliphatic hydroxyl groups is 1. The van der Waals surface area contributed by atoms with Crippen molar-refractivity contribution in [2.45, 2.75) is 39.6 Å². The Hall–Kier alpha value is -10.4. The summed E-state index contributed by atoms with van der Waals surface area (Å²) in [6.07, 6.45) is 10.3. The summed E-state index contributed by atoms with van der Waals surface area (Å²) in [5, 5.41) is 58.2. The molecule has 0 saturated carbocycles. The van der Waals surface area contributed by atoms with Crippen LogP contribution in [0.3, 0.4) is 0 Å². The number of likely N-dealkylation sites (N-methyl/N-ethyl adjacent to an activating group) is 2. The van der Waals surface area contributed by atoms with E-state index < -0.39 is 24.5 Å². The first-order valence-corrected chi connectivity index (χ1v) is 28.1. The van der Waals surface area contributed by atoms with Gasteiger partial charge in [0.1, 0.15) is 48.4 Å². The van der Waals surface area contributed by atoms with Crippen LogP contribution in [-0.2, 0) is 32.4 Å². The Morgan fingerprint density at radius 1 is 0.596 bits per heavy atom. The first kappa shape index (κ1) is 67.7. The van der Waals surface area contributed by atoms with Crippen LogP contribution in [0.4, 0.5) is 34.1 Å². The van der Waals surface area contributed by atoms with E-state index in [0.717, 1.165) is 11.4 Å². The number of hydrogen-bond acceptors (Lipinski definition) is 19. The number of halogens is 2. The maximum Gasteiger partial charge on any atom is 0.333 e. The van der Waals surface area contributed by atoms with Crippen molar-refractivity contribution in [3.05, 3.63) is 179 Å². The van der Waals surface area contributed by atoms with E-state index in [9.17, 15) is 29.7 Å². The molecular weight excluding hydrogens is 1180 g/mol. The lowest BCUT2D eigenvalue weighted by Crippen LogP contribution is -2.22. The quantitative estimate of drug-likeness (QED) is 0.0261. The Kier molecular flexibility index (Phi) is 25.9. The van der Waals surface area contributed by atoms with Crippen molar-refractivity contribution in [1.82, 2.24) is 29.7 Å². The van der Waals surface area contributed by atoms with E-state index in [2.05, 4.69) is 53.3 Å². The SMILES string of the molecule is CCOc1cc2ncc(C#N)c(Nc3ccc(OCc4ccccn4)c(Cl)c3)c2cc1NC(=O)/C=C/CN(C)C.CCOc1cc2ncc(C#N)c(Nc3ccc(OCc4ccccn4)c(Cl)c3)c2cc1NC(=O)/C=C/CN(C)C.O=C(O)C[C@H](O)C(=O)O. The normalized spacial score (nSPS) is 11.2. The molecule has 4 heterocycles. The highest BCUT2D eigenvalue weighted by Gasteiger charge is 2.19. The minimum atomic E-state index is -1.79. The second-order valence-electron chi connectivity index (χ2n) is 19.4. The number of anilines is 6. The number of aliphatic hydroxyl groups excluding tert-OH is 1. The Morgan fingerprint density at radius 2 is 1.02 bits per heavy atom. The number of nitriles is 2. The van der Waals surface area contributed by atoms with Gasteiger partial charge >= 0.3 is 11.9 Å². The number of carboxylic acids is 2. The standard InChI is InChI=1S/2C30H29ClN6O3.C4H6O5/c2*1-4-39-28-16-25-23(15-26(28)36-29(38)9-7-13-37(2)3)30(20(17-32)18-34-25)35-21-10-11-27(24(31)14-21)40-19-22-8-5-6-12-33-22;5-2(4(8)9)1-3(6)7/h2*5-12,14-16,18H,4,13,19H2,1-3H3,(H,34,35)(H,36,38);2,5H,1H2,(H,6,7)(H,8,9)/b2*9-7+;/t;;2-/m..0/s1. The maximum absolute atomic E-state index is 12.6. The van der Waals surface area contributed by atoms with E-state index in [0.29, 0.717) is 126 Å². The van der Waals surface area contributed by atoms with Gasteiger partial charge in [-0.1, -0.05) is 47.5 Å². The molecule has 0 bridgehead atoms. The fraction of sp³-hybridized carbons (Fsp3) is 0.219. The van der Waals surface area contributed by atoms with Crippen LogP contribution in [0, 0.1) is 22.7 Å². The molecule has 7 N–H and O–H groups in total. The zero-order valence-corrected chi connectivity index (χ0v) is 50.8. The number of nitrogens with zero attached hydrogens (tertiary/aromatic N) is 8. The molecule has 1 atom stereocenters. The third-order valence-electron chi connectivity index (χ3n) is 12.0. The Bertz CT molecular complexity index is 3680. The number of nitrogens with one attached hydrogen (secondary N) is 4. The van der Waals surface area contributed by atoms with Crippen molar-refractivity contribution in [3.8, 4) is 35.1 Å². The smallest absolute Gasteiger partial charge is 0.333 e. The molecule has 4 aromatic carbocycles. The second kappa shape index (κ2) is 34.1. The molecule has 0 radical (unpaired) electrons. The third-order valence-corrected chi connectivity index (χ3v) is 12.6. The number of ether oxygens (including phenoxy) is 4.